The normalized spacial score (nSPS) is 11.2. The Hall–Kier alpha value is -5.08. The molecule has 7 rings (SSSR count). The first-order chi connectivity index (χ1) is 19.7. The minimum Gasteiger partial charge on any atom is -0.310 e. The first kappa shape index (κ1) is 24.0. The van der Waals surface area contributed by atoms with E-state index in [0.717, 1.165) is 17.1 Å². The van der Waals surface area contributed by atoms with E-state index >= 15 is 0 Å². The summed E-state index contributed by atoms with van der Waals surface area (Å²) in [5, 5.41) is 2.53. The highest BCUT2D eigenvalue weighted by molar-refractivity contribution is 6.10. The van der Waals surface area contributed by atoms with Crippen LogP contribution in [0.5, 0.6) is 0 Å². The molecule has 0 bridgehead atoms. The van der Waals surface area contributed by atoms with Gasteiger partial charge < -0.3 is 9.47 Å². The molecule has 1 heterocycles. The van der Waals surface area contributed by atoms with Crippen LogP contribution in [0.1, 0.15) is 11.1 Å². The molecule has 7 aromatic rings. The largest absolute Gasteiger partial charge is 0.310 e. The maximum absolute atomic E-state index is 2.36. The highest BCUT2D eigenvalue weighted by atomic mass is 15.1. The Morgan fingerprint density at radius 1 is 0.425 bits per heavy atom. The quantitative estimate of drug-likeness (QED) is 0.222. The van der Waals surface area contributed by atoms with Gasteiger partial charge in [-0.15, -0.1) is 0 Å². The van der Waals surface area contributed by atoms with Gasteiger partial charge in [-0.2, -0.15) is 0 Å². The molecule has 0 fully saturated rings. The van der Waals surface area contributed by atoms with Gasteiger partial charge in [0.05, 0.1) is 11.0 Å². The standard InChI is InChI=1S/C38H30N2/c1-27-15-20-32(21-16-27)39(34-12-8-9-28(2)25-34)33-22-17-29(18-23-33)30-19-24-38-36(26-30)35-13-6-7-14-37(35)40(38)31-10-4-3-5-11-31/h3-26H,1-2H3. The monoisotopic (exact) mass is 514 g/mol. The molecule has 2 nitrogen and oxygen atoms in total. The Kier molecular flexibility index (Phi) is 5.94. The van der Waals surface area contributed by atoms with Crippen LogP contribution < -0.4 is 4.90 Å². The minimum absolute atomic E-state index is 1.14. The average Bonchev–Trinajstić information content (AvgIpc) is 3.33. The molecular formula is C38H30N2. The maximum Gasteiger partial charge on any atom is 0.0541 e. The molecule has 6 aromatic carbocycles. The Bertz CT molecular complexity index is 1950. The number of aryl methyl sites for hydroxylation is 2. The topological polar surface area (TPSA) is 8.17 Å². The Balaban J connectivity index is 1.32. The SMILES string of the molecule is Cc1ccc(N(c2ccc(-c3ccc4c(c3)c3ccccc3n4-c3ccccc3)cc2)c2cccc(C)c2)cc1. The van der Waals surface area contributed by atoms with Gasteiger partial charge in [-0.05, 0) is 97.3 Å². The zero-order valence-corrected chi connectivity index (χ0v) is 22.8. The second-order valence-electron chi connectivity index (χ2n) is 10.5. The van der Waals surface area contributed by atoms with Gasteiger partial charge in [-0.3, -0.25) is 0 Å². The molecule has 0 N–H and O–H groups in total. The Labute approximate surface area is 235 Å². The number of rotatable bonds is 5. The fraction of sp³-hybridized carbons (Fsp3) is 0.0526. The second-order valence-corrected chi connectivity index (χ2v) is 10.5. The van der Waals surface area contributed by atoms with Gasteiger partial charge in [0.15, 0.2) is 0 Å². The first-order valence-corrected chi connectivity index (χ1v) is 13.8. The van der Waals surface area contributed by atoms with Gasteiger partial charge in [0.25, 0.3) is 0 Å². The van der Waals surface area contributed by atoms with Gasteiger partial charge in [-0.25, -0.2) is 0 Å². The van der Waals surface area contributed by atoms with Crippen molar-refractivity contribution < 1.29 is 0 Å². The Morgan fingerprint density at radius 2 is 1.07 bits per heavy atom. The molecule has 0 amide bonds. The molecule has 40 heavy (non-hydrogen) atoms. The lowest BCUT2D eigenvalue weighted by Gasteiger charge is -2.26. The summed E-state index contributed by atoms with van der Waals surface area (Å²) in [4.78, 5) is 2.33. The summed E-state index contributed by atoms with van der Waals surface area (Å²) in [5.74, 6) is 0. The number of fused-ring (bicyclic) bond motifs is 3. The molecule has 0 saturated heterocycles. The molecule has 0 aliphatic heterocycles. The zero-order chi connectivity index (χ0) is 27.1. The number of hydrogen-bond donors (Lipinski definition) is 0. The van der Waals surface area contributed by atoms with Crippen molar-refractivity contribution in [3.8, 4) is 16.8 Å². The van der Waals surface area contributed by atoms with Crippen LogP contribution in [-0.2, 0) is 0 Å². The van der Waals surface area contributed by atoms with E-state index in [9.17, 15) is 0 Å². The average molecular weight is 515 g/mol. The smallest absolute Gasteiger partial charge is 0.0541 e. The molecule has 0 radical (unpaired) electrons. The van der Waals surface area contributed by atoms with Crippen molar-refractivity contribution in [2.75, 3.05) is 4.90 Å². The van der Waals surface area contributed by atoms with Gasteiger partial charge in [0, 0.05) is 33.5 Å². The lowest BCUT2D eigenvalue weighted by molar-refractivity contribution is 1.18. The summed E-state index contributed by atoms with van der Waals surface area (Å²) in [5.41, 5.74) is 12.0. The first-order valence-electron chi connectivity index (χ1n) is 13.8. The molecule has 0 saturated carbocycles. The highest BCUT2D eigenvalue weighted by Gasteiger charge is 2.15. The van der Waals surface area contributed by atoms with E-state index in [2.05, 4.69) is 169 Å². The van der Waals surface area contributed by atoms with Crippen molar-refractivity contribution in [1.82, 2.24) is 4.57 Å². The van der Waals surface area contributed by atoms with Gasteiger partial charge in [0.1, 0.15) is 0 Å². The second kappa shape index (κ2) is 9.91. The summed E-state index contributed by atoms with van der Waals surface area (Å²) in [6, 6.07) is 52.5. The van der Waals surface area contributed by atoms with E-state index in [4.69, 9.17) is 0 Å². The third kappa shape index (κ3) is 4.24. The van der Waals surface area contributed by atoms with Crippen LogP contribution in [0.3, 0.4) is 0 Å². The van der Waals surface area contributed by atoms with E-state index < -0.39 is 0 Å². The molecule has 0 atom stereocenters. The van der Waals surface area contributed by atoms with Crippen LogP contribution in [0.15, 0.2) is 146 Å². The van der Waals surface area contributed by atoms with Crippen LogP contribution >= 0.6 is 0 Å². The number of anilines is 3. The van der Waals surface area contributed by atoms with Crippen molar-refractivity contribution in [1.29, 1.82) is 0 Å². The van der Waals surface area contributed by atoms with Crippen LogP contribution in [0, 0.1) is 13.8 Å². The maximum atomic E-state index is 2.36. The van der Waals surface area contributed by atoms with E-state index in [1.165, 1.54) is 49.7 Å². The summed E-state index contributed by atoms with van der Waals surface area (Å²) >= 11 is 0. The number of nitrogens with zero attached hydrogens (tertiary/aromatic N) is 2. The van der Waals surface area contributed by atoms with E-state index in [1.54, 1.807) is 0 Å². The van der Waals surface area contributed by atoms with Crippen molar-refractivity contribution in [2.24, 2.45) is 0 Å². The van der Waals surface area contributed by atoms with Crippen LogP contribution in [-0.4, -0.2) is 4.57 Å². The van der Waals surface area contributed by atoms with Crippen LogP contribution in [0.4, 0.5) is 17.1 Å². The third-order valence-electron chi connectivity index (χ3n) is 7.70. The van der Waals surface area contributed by atoms with Gasteiger partial charge >= 0.3 is 0 Å². The molecule has 0 aliphatic carbocycles. The predicted molar refractivity (Wildman–Crippen MR) is 170 cm³/mol. The molecular weight excluding hydrogens is 484 g/mol. The molecule has 2 heteroatoms. The van der Waals surface area contributed by atoms with Crippen molar-refractivity contribution >= 4 is 38.9 Å². The van der Waals surface area contributed by atoms with Gasteiger partial charge in [0.2, 0.25) is 0 Å². The third-order valence-corrected chi connectivity index (χ3v) is 7.70. The van der Waals surface area contributed by atoms with Gasteiger partial charge in [-0.1, -0.05) is 84.4 Å². The minimum atomic E-state index is 1.14. The molecule has 0 aliphatic rings. The summed E-state index contributed by atoms with van der Waals surface area (Å²) in [7, 11) is 0. The fourth-order valence-corrected chi connectivity index (χ4v) is 5.72. The zero-order valence-electron chi connectivity index (χ0n) is 22.8. The Morgan fingerprint density at radius 3 is 1.82 bits per heavy atom. The molecule has 192 valence electrons. The summed E-state index contributed by atoms with van der Waals surface area (Å²) in [6.07, 6.45) is 0. The number of benzene rings is 6. The molecule has 1 aromatic heterocycles. The summed E-state index contributed by atoms with van der Waals surface area (Å²) in [6.45, 7) is 4.27. The van der Waals surface area contributed by atoms with E-state index in [0.29, 0.717) is 0 Å². The predicted octanol–water partition coefficient (Wildman–Crippen LogP) is 10.5. The fourth-order valence-electron chi connectivity index (χ4n) is 5.72. The van der Waals surface area contributed by atoms with Crippen LogP contribution in [0.2, 0.25) is 0 Å². The summed E-state index contributed by atoms with van der Waals surface area (Å²) < 4.78 is 2.36. The van der Waals surface area contributed by atoms with E-state index in [-0.39, 0.29) is 0 Å². The van der Waals surface area contributed by atoms with Crippen molar-refractivity contribution in [2.45, 2.75) is 13.8 Å². The van der Waals surface area contributed by atoms with Crippen molar-refractivity contribution in [3.05, 3.63) is 157 Å². The molecule has 0 spiro atoms. The lowest BCUT2D eigenvalue weighted by atomic mass is 10.0. The number of aromatic nitrogens is 1. The van der Waals surface area contributed by atoms with E-state index in [1.807, 2.05) is 0 Å². The lowest BCUT2D eigenvalue weighted by Crippen LogP contribution is -2.10. The molecule has 0 unspecified atom stereocenters. The van der Waals surface area contributed by atoms with Crippen molar-refractivity contribution in [3.63, 3.8) is 0 Å². The number of hydrogen-bond acceptors (Lipinski definition) is 1. The highest BCUT2D eigenvalue weighted by Crippen LogP contribution is 2.38. The number of para-hydroxylation sites is 2. The van der Waals surface area contributed by atoms with Crippen LogP contribution in [0.25, 0.3) is 38.6 Å².